The number of aromatic nitrogens is 1. The zero-order valence-corrected chi connectivity index (χ0v) is 15.1. The third-order valence-electron chi connectivity index (χ3n) is 4.40. The molecule has 1 aromatic heterocycles. The fraction of sp³-hybridized carbons (Fsp3) is 0.200. The lowest BCUT2D eigenvalue weighted by Gasteiger charge is -2.17. The first-order valence-corrected chi connectivity index (χ1v) is 9.06. The predicted octanol–water partition coefficient (Wildman–Crippen LogP) is 4.29. The van der Waals surface area contributed by atoms with E-state index >= 15 is 0 Å². The summed E-state index contributed by atoms with van der Waals surface area (Å²) in [5.41, 5.74) is 1.60. The van der Waals surface area contributed by atoms with Crippen molar-refractivity contribution in [3.05, 3.63) is 70.7 Å². The smallest absolute Gasteiger partial charge is 0.255 e. The van der Waals surface area contributed by atoms with Gasteiger partial charge in [0.05, 0.1) is 17.6 Å². The first kappa shape index (κ1) is 16.1. The van der Waals surface area contributed by atoms with Gasteiger partial charge in [-0.05, 0) is 40.2 Å². The number of halogens is 1. The summed E-state index contributed by atoms with van der Waals surface area (Å²) >= 11 is 3.45. The second-order valence-corrected chi connectivity index (χ2v) is 6.96. The minimum absolute atomic E-state index is 0.0277. The van der Waals surface area contributed by atoms with Gasteiger partial charge < -0.3 is 9.64 Å². The van der Waals surface area contributed by atoms with E-state index in [-0.39, 0.29) is 12.0 Å². The van der Waals surface area contributed by atoms with E-state index in [1.54, 1.807) is 0 Å². The van der Waals surface area contributed by atoms with Gasteiger partial charge in [0, 0.05) is 28.9 Å². The highest BCUT2D eigenvalue weighted by Gasteiger charge is 2.29. The van der Waals surface area contributed by atoms with Crippen LogP contribution in [0.2, 0.25) is 0 Å². The molecule has 1 atom stereocenters. The normalized spacial score (nSPS) is 17.0. The van der Waals surface area contributed by atoms with Crippen molar-refractivity contribution in [1.82, 2.24) is 9.88 Å². The van der Waals surface area contributed by atoms with Gasteiger partial charge in [-0.25, -0.2) is 4.98 Å². The average molecular weight is 397 g/mol. The molecule has 2 aromatic carbocycles. The molecule has 126 valence electrons. The van der Waals surface area contributed by atoms with Crippen molar-refractivity contribution in [3.63, 3.8) is 0 Å². The molecule has 4 rings (SSSR count). The van der Waals surface area contributed by atoms with Gasteiger partial charge in [-0.2, -0.15) is 0 Å². The highest BCUT2D eigenvalue weighted by atomic mass is 79.9. The number of carbonyl (C=O) groups excluding carboxylic acids is 1. The summed E-state index contributed by atoms with van der Waals surface area (Å²) in [4.78, 5) is 19.1. The maximum atomic E-state index is 12.7. The molecule has 1 amide bonds. The number of nitrogens with zero attached hydrogens (tertiary/aromatic N) is 2. The van der Waals surface area contributed by atoms with Gasteiger partial charge in [0.25, 0.3) is 5.91 Å². The van der Waals surface area contributed by atoms with E-state index in [1.807, 2.05) is 65.6 Å². The van der Waals surface area contributed by atoms with E-state index in [9.17, 15) is 4.79 Å². The molecule has 1 saturated heterocycles. The number of pyridine rings is 1. The fourth-order valence-corrected chi connectivity index (χ4v) is 3.55. The van der Waals surface area contributed by atoms with Crippen LogP contribution in [0.5, 0.6) is 5.88 Å². The zero-order valence-electron chi connectivity index (χ0n) is 13.6. The number of likely N-dealkylation sites (tertiary alicyclic amines) is 1. The molecule has 5 heteroatoms. The number of para-hydroxylation sites is 1. The molecule has 1 fully saturated rings. The monoisotopic (exact) mass is 396 g/mol. The topological polar surface area (TPSA) is 42.4 Å². The summed E-state index contributed by atoms with van der Waals surface area (Å²) in [5.74, 6) is 0.643. The second-order valence-electron chi connectivity index (χ2n) is 6.10. The third-order valence-corrected chi connectivity index (χ3v) is 5.09. The lowest BCUT2D eigenvalue weighted by atomic mass is 10.2. The van der Waals surface area contributed by atoms with Crippen LogP contribution >= 0.6 is 15.9 Å². The highest BCUT2D eigenvalue weighted by molar-refractivity contribution is 9.10. The minimum Gasteiger partial charge on any atom is -0.472 e. The van der Waals surface area contributed by atoms with Crippen molar-refractivity contribution >= 4 is 32.7 Å². The number of amides is 1. The van der Waals surface area contributed by atoms with Gasteiger partial charge in [0.2, 0.25) is 5.88 Å². The molecule has 0 aliphatic carbocycles. The van der Waals surface area contributed by atoms with E-state index in [2.05, 4.69) is 20.9 Å². The molecule has 4 nitrogen and oxygen atoms in total. The van der Waals surface area contributed by atoms with Crippen LogP contribution in [0.25, 0.3) is 10.9 Å². The Balaban J connectivity index is 1.45. The van der Waals surface area contributed by atoms with Gasteiger partial charge >= 0.3 is 0 Å². The number of benzene rings is 2. The Morgan fingerprint density at radius 1 is 1.08 bits per heavy atom. The van der Waals surface area contributed by atoms with E-state index < -0.39 is 0 Å². The molecular weight excluding hydrogens is 380 g/mol. The number of rotatable bonds is 3. The van der Waals surface area contributed by atoms with Crippen molar-refractivity contribution in [2.75, 3.05) is 13.1 Å². The van der Waals surface area contributed by atoms with Crippen molar-refractivity contribution in [2.45, 2.75) is 12.5 Å². The number of carbonyl (C=O) groups is 1. The SMILES string of the molecule is O=C(c1ccccc1Br)N1CC[C@H](Oc2ccc3ccccc3n2)C1. The molecule has 0 unspecified atom stereocenters. The summed E-state index contributed by atoms with van der Waals surface area (Å²) < 4.78 is 6.83. The van der Waals surface area contributed by atoms with Gasteiger partial charge in [-0.3, -0.25) is 4.79 Å². The lowest BCUT2D eigenvalue weighted by molar-refractivity contribution is 0.0770. The summed E-state index contributed by atoms with van der Waals surface area (Å²) in [6.07, 6.45) is 0.783. The molecule has 2 heterocycles. The maximum absolute atomic E-state index is 12.7. The van der Waals surface area contributed by atoms with E-state index in [1.165, 1.54) is 0 Å². The quantitative estimate of drug-likeness (QED) is 0.662. The number of hydrogen-bond acceptors (Lipinski definition) is 3. The van der Waals surface area contributed by atoms with Crippen molar-refractivity contribution in [3.8, 4) is 5.88 Å². The molecule has 0 bridgehead atoms. The van der Waals surface area contributed by atoms with E-state index in [0.717, 1.165) is 21.8 Å². The molecule has 0 radical (unpaired) electrons. The molecule has 1 aliphatic heterocycles. The van der Waals surface area contributed by atoms with Crippen LogP contribution in [0.1, 0.15) is 16.8 Å². The van der Waals surface area contributed by atoms with Crippen LogP contribution in [-0.4, -0.2) is 35.0 Å². The third kappa shape index (κ3) is 3.37. The second kappa shape index (κ2) is 6.84. The summed E-state index contributed by atoms with van der Waals surface area (Å²) in [7, 11) is 0. The van der Waals surface area contributed by atoms with Crippen molar-refractivity contribution < 1.29 is 9.53 Å². The Bertz CT molecular complexity index is 928. The van der Waals surface area contributed by atoms with Crippen LogP contribution in [-0.2, 0) is 0 Å². The first-order chi connectivity index (χ1) is 12.2. The zero-order chi connectivity index (χ0) is 17.2. The molecular formula is C20H17BrN2O2. The van der Waals surface area contributed by atoms with Crippen LogP contribution in [0, 0.1) is 0 Å². The summed E-state index contributed by atoms with van der Waals surface area (Å²) in [6, 6.07) is 19.4. The van der Waals surface area contributed by atoms with Gasteiger partial charge in [-0.15, -0.1) is 0 Å². The Morgan fingerprint density at radius 2 is 1.88 bits per heavy atom. The Labute approximate surface area is 154 Å². The molecule has 25 heavy (non-hydrogen) atoms. The van der Waals surface area contributed by atoms with Crippen LogP contribution < -0.4 is 4.74 Å². The molecule has 3 aromatic rings. The van der Waals surface area contributed by atoms with E-state index in [0.29, 0.717) is 24.5 Å². The molecule has 1 aliphatic rings. The molecule has 0 N–H and O–H groups in total. The largest absolute Gasteiger partial charge is 0.472 e. The van der Waals surface area contributed by atoms with Crippen LogP contribution in [0.3, 0.4) is 0 Å². The molecule has 0 saturated carbocycles. The fourth-order valence-electron chi connectivity index (χ4n) is 3.10. The number of hydrogen-bond donors (Lipinski definition) is 0. The maximum Gasteiger partial charge on any atom is 0.255 e. The van der Waals surface area contributed by atoms with Gasteiger partial charge in [0.1, 0.15) is 6.10 Å². The Kier molecular flexibility index (Phi) is 4.40. The molecule has 0 spiro atoms. The predicted molar refractivity (Wildman–Crippen MR) is 101 cm³/mol. The first-order valence-electron chi connectivity index (χ1n) is 8.27. The Morgan fingerprint density at radius 3 is 2.76 bits per heavy atom. The van der Waals surface area contributed by atoms with Gasteiger partial charge in [0.15, 0.2) is 0 Å². The average Bonchev–Trinajstić information content (AvgIpc) is 3.10. The van der Waals surface area contributed by atoms with Crippen molar-refractivity contribution in [2.24, 2.45) is 0 Å². The summed E-state index contributed by atoms with van der Waals surface area (Å²) in [5, 5.41) is 1.09. The minimum atomic E-state index is -0.0277. The van der Waals surface area contributed by atoms with Gasteiger partial charge in [-0.1, -0.05) is 30.3 Å². The number of fused-ring (bicyclic) bond motifs is 1. The summed E-state index contributed by atoms with van der Waals surface area (Å²) in [6.45, 7) is 1.27. The lowest BCUT2D eigenvalue weighted by Crippen LogP contribution is -2.31. The Hall–Kier alpha value is -2.40. The van der Waals surface area contributed by atoms with Crippen LogP contribution in [0.15, 0.2) is 65.1 Å². The standard InChI is InChI=1S/C20H17BrN2O2/c21-17-7-3-2-6-16(17)20(24)23-12-11-15(13-23)25-19-10-9-14-5-1-4-8-18(14)22-19/h1-10,15H,11-13H2/t15-/m0/s1. The van der Waals surface area contributed by atoms with Crippen LogP contribution in [0.4, 0.5) is 0 Å². The van der Waals surface area contributed by atoms with Crippen molar-refractivity contribution in [1.29, 1.82) is 0 Å². The van der Waals surface area contributed by atoms with E-state index in [4.69, 9.17) is 4.74 Å². The highest BCUT2D eigenvalue weighted by Crippen LogP contribution is 2.23. The number of ether oxygens (including phenoxy) is 1.